The molecule has 0 aliphatic rings. The number of hydrogen-bond acceptors (Lipinski definition) is 6. The van der Waals surface area contributed by atoms with Crippen molar-refractivity contribution in [3.63, 3.8) is 0 Å². The minimum Gasteiger partial charge on any atom is -0.484 e. The summed E-state index contributed by atoms with van der Waals surface area (Å²) in [5.41, 5.74) is 1.18. The zero-order valence-electron chi connectivity index (χ0n) is 19.1. The van der Waals surface area contributed by atoms with Gasteiger partial charge in [0, 0.05) is 12.1 Å². The van der Waals surface area contributed by atoms with Gasteiger partial charge in [-0.25, -0.2) is 9.67 Å². The quantitative estimate of drug-likeness (QED) is 0.387. The van der Waals surface area contributed by atoms with E-state index in [0.29, 0.717) is 13.0 Å². The Kier molecular flexibility index (Phi) is 9.21. The van der Waals surface area contributed by atoms with Crippen molar-refractivity contribution < 1.29 is 32.5 Å². The monoisotopic (exact) mass is 492 g/mol. The summed E-state index contributed by atoms with van der Waals surface area (Å²) in [6.45, 7) is 0.991. The minimum atomic E-state index is -4.47. The molecule has 188 valence electrons. The number of rotatable bonds is 12. The Morgan fingerprint density at radius 2 is 1.86 bits per heavy atom. The molecule has 3 rings (SSSR count). The number of carbonyl (C=O) groups excluding carboxylic acids is 1. The summed E-state index contributed by atoms with van der Waals surface area (Å²) >= 11 is 0. The summed E-state index contributed by atoms with van der Waals surface area (Å²) in [6, 6.07) is 14.9. The summed E-state index contributed by atoms with van der Waals surface area (Å²) in [5, 5.41) is 14.8. The number of halogens is 3. The maximum Gasteiger partial charge on any atom is 0.422 e. The lowest BCUT2D eigenvalue weighted by Gasteiger charge is -2.34. The van der Waals surface area contributed by atoms with Crippen molar-refractivity contribution in [3.8, 4) is 5.75 Å². The van der Waals surface area contributed by atoms with Gasteiger partial charge in [-0.2, -0.15) is 18.3 Å². The molecule has 11 heteroatoms. The first-order valence-corrected chi connectivity index (χ1v) is 11.0. The van der Waals surface area contributed by atoms with E-state index in [9.17, 15) is 23.1 Å². The summed E-state index contributed by atoms with van der Waals surface area (Å²) in [6.07, 6.45) is -3.24. The van der Waals surface area contributed by atoms with E-state index >= 15 is 0 Å². The minimum absolute atomic E-state index is 0.0157. The molecule has 0 saturated carbocycles. The van der Waals surface area contributed by atoms with Gasteiger partial charge in [-0.1, -0.05) is 37.3 Å². The number of amides is 1. The van der Waals surface area contributed by atoms with Crippen LogP contribution in [0.25, 0.3) is 0 Å². The molecule has 0 spiro atoms. The van der Waals surface area contributed by atoms with Crippen LogP contribution in [0.3, 0.4) is 0 Å². The predicted molar refractivity (Wildman–Crippen MR) is 120 cm³/mol. The van der Waals surface area contributed by atoms with Crippen molar-refractivity contribution in [3.05, 3.63) is 78.4 Å². The largest absolute Gasteiger partial charge is 0.484 e. The van der Waals surface area contributed by atoms with Crippen molar-refractivity contribution in [1.82, 2.24) is 19.7 Å². The van der Waals surface area contributed by atoms with Crippen LogP contribution in [0.15, 0.2) is 67.3 Å². The van der Waals surface area contributed by atoms with Crippen molar-refractivity contribution in [1.29, 1.82) is 0 Å². The molecule has 2 atom stereocenters. The van der Waals surface area contributed by atoms with Crippen LogP contribution in [0.5, 0.6) is 5.75 Å². The van der Waals surface area contributed by atoms with Crippen LogP contribution in [0, 0.1) is 0 Å². The number of aliphatic hydroxyl groups is 1. The number of alkyl halides is 3. The number of aromatic nitrogens is 3. The second-order valence-corrected chi connectivity index (χ2v) is 7.73. The van der Waals surface area contributed by atoms with Gasteiger partial charge < -0.3 is 19.5 Å². The number of ether oxygens (including phenoxy) is 2. The highest BCUT2D eigenvalue weighted by Crippen LogP contribution is 2.24. The SMILES string of the molecule is CCC(O)C(N(CCOCc1ccccc1)C(=O)c1ccc(OCC(F)(F)F)cc1)n1cncn1. The summed E-state index contributed by atoms with van der Waals surface area (Å²) in [7, 11) is 0. The van der Waals surface area contributed by atoms with Crippen LogP contribution < -0.4 is 4.74 Å². The van der Waals surface area contributed by atoms with Crippen molar-refractivity contribution in [2.24, 2.45) is 0 Å². The van der Waals surface area contributed by atoms with Gasteiger partial charge in [0.1, 0.15) is 18.4 Å². The van der Waals surface area contributed by atoms with Crippen molar-refractivity contribution >= 4 is 5.91 Å². The van der Waals surface area contributed by atoms with Gasteiger partial charge in [-0.05, 0) is 36.2 Å². The maximum atomic E-state index is 13.5. The van der Waals surface area contributed by atoms with E-state index in [1.165, 1.54) is 46.5 Å². The molecular weight excluding hydrogens is 465 g/mol. The molecule has 8 nitrogen and oxygen atoms in total. The summed E-state index contributed by atoms with van der Waals surface area (Å²) in [4.78, 5) is 18.8. The second-order valence-electron chi connectivity index (χ2n) is 7.73. The first kappa shape index (κ1) is 26.2. The molecule has 1 N–H and O–H groups in total. The van der Waals surface area contributed by atoms with Gasteiger partial charge in [0.15, 0.2) is 12.8 Å². The maximum absolute atomic E-state index is 13.5. The topological polar surface area (TPSA) is 89.7 Å². The molecule has 1 aromatic heterocycles. The molecule has 0 fully saturated rings. The second kappa shape index (κ2) is 12.3. The van der Waals surface area contributed by atoms with Gasteiger partial charge in [0.2, 0.25) is 0 Å². The Hall–Kier alpha value is -3.44. The van der Waals surface area contributed by atoms with Gasteiger partial charge in [0.05, 0.1) is 19.3 Å². The normalized spacial score (nSPS) is 13.3. The zero-order valence-corrected chi connectivity index (χ0v) is 19.1. The van der Waals surface area contributed by atoms with E-state index in [1.807, 2.05) is 30.3 Å². The third kappa shape index (κ3) is 7.79. The highest BCUT2D eigenvalue weighted by atomic mass is 19.4. The van der Waals surface area contributed by atoms with E-state index in [1.54, 1.807) is 6.92 Å². The fraction of sp³-hybridized carbons (Fsp3) is 0.375. The molecular formula is C24H27F3N4O4. The highest BCUT2D eigenvalue weighted by molar-refractivity contribution is 5.94. The number of nitrogens with zero attached hydrogens (tertiary/aromatic N) is 4. The summed E-state index contributed by atoms with van der Waals surface area (Å²) in [5.74, 6) is -0.471. The van der Waals surface area contributed by atoms with Gasteiger partial charge in [-0.3, -0.25) is 4.79 Å². The lowest BCUT2D eigenvalue weighted by molar-refractivity contribution is -0.153. The fourth-order valence-electron chi connectivity index (χ4n) is 3.40. The molecule has 35 heavy (non-hydrogen) atoms. The average molecular weight is 492 g/mol. The number of aliphatic hydroxyl groups excluding tert-OH is 1. The molecule has 0 radical (unpaired) electrons. The Labute approximate surface area is 200 Å². The lowest BCUT2D eigenvalue weighted by Crippen LogP contribution is -2.45. The van der Waals surface area contributed by atoms with Gasteiger partial charge in [-0.15, -0.1) is 0 Å². The van der Waals surface area contributed by atoms with Crippen LogP contribution in [0.1, 0.15) is 35.4 Å². The standard InChI is InChI=1S/C24H27F3N4O4/c1-2-21(32)22(31-17-28-16-29-31)30(12-13-34-14-18-6-4-3-5-7-18)23(33)19-8-10-20(11-9-19)35-15-24(25,26)27/h3-11,16-17,21-22,32H,2,12-15H2,1H3. The molecule has 1 heterocycles. The predicted octanol–water partition coefficient (Wildman–Crippen LogP) is 3.85. The Morgan fingerprint density at radius 1 is 1.14 bits per heavy atom. The highest BCUT2D eigenvalue weighted by Gasteiger charge is 2.32. The zero-order chi connectivity index (χ0) is 25.3. The average Bonchev–Trinajstić information content (AvgIpc) is 3.38. The van der Waals surface area contributed by atoms with Crippen LogP contribution in [-0.4, -0.2) is 62.7 Å². The van der Waals surface area contributed by atoms with E-state index < -0.39 is 31.0 Å². The molecule has 0 bridgehead atoms. The van der Waals surface area contributed by atoms with Crippen LogP contribution in [0.4, 0.5) is 13.2 Å². The van der Waals surface area contributed by atoms with Crippen molar-refractivity contribution in [2.45, 2.75) is 38.4 Å². The molecule has 2 aromatic carbocycles. The fourth-order valence-corrected chi connectivity index (χ4v) is 3.40. The molecule has 3 aromatic rings. The Morgan fingerprint density at radius 3 is 2.46 bits per heavy atom. The molecule has 0 aliphatic carbocycles. The number of carbonyl (C=O) groups is 1. The van der Waals surface area contributed by atoms with E-state index in [-0.39, 0.29) is 24.5 Å². The molecule has 1 amide bonds. The third-order valence-electron chi connectivity index (χ3n) is 5.14. The Bertz CT molecular complexity index is 1030. The third-order valence-corrected chi connectivity index (χ3v) is 5.14. The van der Waals surface area contributed by atoms with E-state index in [4.69, 9.17) is 9.47 Å². The lowest BCUT2D eigenvalue weighted by atomic mass is 10.1. The van der Waals surface area contributed by atoms with Crippen LogP contribution in [-0.2, 0) is 11.3 Å². The molecule has 2 unspecified atom stereocenters. The van der Waals surface area contributed by atoms with Crippen LogP contribution in [0.2, 0.25) is 0 Å². The van der Waals surface area contributed by atoms with Gasteiger partial charge >= 0.3 is 6.18 Å². The summed E-state index contributed by atoms with van der Waals surface area (Å²) < 4.78 is 49.1. The smallest absolute Gasteiger partial charge is 0.422 e. The van der Waals surface area contributed by atoms with E-state index in [2.05, 4.69) is 10.1 Å². The Balaban J connectivity index is 1.77. The van der Waals surface area contributed by atoms with E-state index in [0.717, 1.165) is 5.56 Å². The molecule has 0 saturated heterocycles. The first-order valence-electron chi connectivity index (χ1n) is 11.0. The first-order chi connectivity index (χ1) is 16.8. The molecule has 0 aliphatic heterocycles. The number of benzene rings is 2. The number of hydrogen-bond donors (Lipinski definition) is 1. The van der Waals surface area contributed by atoms with Gasteiger partial charge in [0.25, 0.3) is 5.91 Å². The van der Waals surface area contributed by atoms with Crippen LogP contribution >= 0.6 is 0 Å². The van der Waals surface area contributed by atoms with Crippen molar-refractivity contribution in [2.75, 3.05) is 19.8 Å².